The Kier molecular flexibility index (Phi) is 7.37. The van der Waals surface area contributed by atoms with Crippen LogP contribution < -0.4 is 14.8 Å². The summed E-state index contributed by atoms with van der Waals surface area (Å²) < 4.78 is 15.6. The van der Waals surface area contributed by atoms with Crippen LogP contribution in [-0.4, -0.2) is 37.4 Å². The highest BCUT2D eigenvalue weighted by molar-refractivity contribution is 8.18. The van der Waals surface area contributed by atoms with Crippen LogP contribution in [-0.2, 0) is 14.3 Å². The van der Waals surface area contributed by atoms with Gasteiger partial charge in [0.2, 0.25) is 0 Å². The maximum Gasteiger partial charge on any atom is 0.344 e. The number of nitrogens with zero attached hydrogens (tertiary/aromatic N) is 1. The van der Waals surface area contributed by atoms with Crippen molar-refractivity contribution in [2.75, 3.05) is 20.3 Å². The molecule has 1 amide bonds. The number of thioether (sulfide) groups is 1. The van der Waals surface area contributed by atoms with E-state index < -0.39 is 5.97 Å². The number of rotatable bonds is 7. The largest absolute Gasteiger partial charge is 0.493 e. The Morgan fingerprint density at radius 3 is 2.73 bits per heavy atom. The van der Waals surface area contributed by atoms with Gasteiger partial charge >= 0.3 is 5.97 Å². The maximum absolute atomic E-state index is 12.3. The molecule has 1 fully saturated rings. The van der Waals surface area contributed by atoms with Gasteiger partial charge in [-0.3, -0.25) is 4.79 Å². The number of amides is 1. The molecule has 0 saturated carbocycles. The molecule has 0 spiro atoms. The Morgan fingerprint density at radius 1 is 1.27 bits per heavy atom. The lowest BCUT2D eigenvalue weighted by Crippen LogP contribution is -2.19. The average molecular weight is 447 g/mol. The van der Waals surface area contributed by atoms with Gasteiger partial charge in [-0.05, 0) is 54.6 Å². The molecule has 1 saturated heterocycles. The van der Waals surface area contributed by atoms with Gasteiger partial charge in [0.1, 0.15) is 0 Å². The van der Waals surface area contributed by atoms with Crippen molar-refractivity contribution in [3.05, 3.63) is 58.0 Å². The third-order valence-electron chi connectivity index (χ3n) is 3.83. The van der Waals surface area contributed by atoms with Crippen LogP contribution in [0.15, 0.2) is 52.4 Å². The molecule has 9 heteroatoms. The molecule has 3 rings (SSSR count). The third kappa shape index (κ3) is 5.55. The van der Waals surface area contributed by atoms with Gasteiger partial charge in [0.25, 0.3) is 5.91 Å². The van der Waals surface area contributed by atoms with Gasteiger partial charge in [0.05, 0.1) is 29.3 Å². The molecule has 1 N–H and O–H groups in total. The Bertz CT molecular complexity index is 1010. The number of aliphatic imine (C=N–C) groups is 1. The number of carbonyl (C=O) groups is 2. The first kappa shape index (κ1) is 21.7. The smallest absolute Gasteiger partial charge is 0.344 e. The molecule has 1 aliphatic heterocycles. The van der Waals surface area contributed by atoms with Crippen LogP contribution in [0.3, 0.4) is 0 Å². The fourth-order valence-electron chi connectivity index (χ4n) is 2.55. The van der Waals surface area contributed by atoms with E-state index in [9.17, 15) is 9.59 Å². The summed E-state index contributed by atoms with van der Waals surface area (Å²) >= 11 is 7.54. The van der Waals surface area contributed by atoms with Crippen molar-refractivity contribution < 1.29 is 23.8 Å². The topological polar surface area (TPSA) is 86.2 Å². The van der Waals surface area contributed by atoms with Crippen molar-refractivity contribution in [3.63, 3.8) is 0 Å². The number of methoxy groups -OCH3 is 1. The fraction of sp³-hybridized carbons (Fsp3) is 0.190. The van der Waals surface area contributed by atoms with Crippen LogP contribution in [0.2, 0.25) is 5.02 Å². The molecule has 0 atom stereocenters. The predicted molar refractivity (Wildman–Crippen MR) is 117 cm³/mol. The lowest BCUT2D eigenvalue weighted by molar-refractivity contribution is -0.145. The second-order valence-corrected chi connectivity index (χ2v) is 7.38. The number of carbonyl (C=O) groups excluding carboxylic acids is 2. The second-order valence-electron chi connectivity index (χ2n) is 5.95. The molecule has 0 unspecified atom stereocenters. The van der Waals surface area contributed by atoms with E-state index in [0.717, 1.165) is 5.69 Å². The zero-order valence-corrected chi connectivity index (χ0v) is 17.9. The highest BCUT2D eigenvalue weighted by Gasteiger charge is 2.24. The fourth-order valence-corrected chi connectivity index (χ4v) is 3.66. The lowest BCUT2D eigenvalue weighted by atomic mass is 10.2. The van der Waals surface area contributed by atoms with Crippen LogP contribution in [0.5, 0.6) is 11.5 Å². The number of hydrogen-bond donors (Lipinski definition) is 1. The number of para-hydroxylation sites is 1. The van der Waals surface area contributed by atoms with E-state index in [1.807, 2.05) is 30.3 Å². The molecule has 156 valence electrons. The summed E-state index contributed by atoms with van der Waals surface area (Å²) in [7, 11) is 1.46. The lowest BCUT2D eigenvalue weighted by Gasteiger charge is -2.13. The maximum atomic E-state index is 12.3. The number of nitrogens with one attached hydrogen (secondary N) is 1. The Morgan fingerprint density at radius 2 is 2.03 bits per heavy atom. The van der Waals surface area contributed by atoms with Gasteiger partial charge in [0, 0.05) is 0 Å². The minimum Gasteiger partial charge on any atom is -0.493 e. The number of benzene rings is 2. The monoisotopic (exact) mass is 446 g/mol. The molecule has 0 aromatic heterocycles. The van der Waals surface area contributed by atoms with Gasteiger partial charge in [-0.1, -0.05) is 29.8 Å². The first-order chi connectivity index (χ1) is 14.5. The summed E-state index contributed by atoms with van der Waals surface area (Å²) in [5.74, 6) is -0.206. The van der Waals surface area contributed by atoms with E-state index >= 15 is 0 Å². The number of esters is 1. The molecule has 0 radical (unpaired) electrons. The number of ether oxygens (including phenoxy) is 3. The van der Waals surface area contributed by atoms with Crippen molar-refractivity contribution >= 4 is 52.2 Å². The van der Waals surface area contributed by atoms with E-state index in [-0.39, 0.29) is 29.9 Å². The van der Waals surface area contributed by atoms with Crippen LogP contribution in [0, 0.1) is 0 Å². The average Bonchev–Trinajstić information content (AvgIpc) is 3.06. The van der Waals surface area contributed by atoms with E-state index in [4.69, 9.17) is 25.8 Å². The summed E-state index contributed by atoms with van der Waals surface area (Å²) in [5, 5.41) is 3.47. The normalized spacial score (nSPS) is 15.9. The van der Waals surface area contributed by atoms with Crippen molar-refractivity contribution in [1.82, 2.24) is 5.32 Å². The molecule has 0 aliphatic carbocycles. The van der Waals surface area contributed by atoms with Gasteiger partial charge in [-0.2, -0.15) is 0 Å². The van der Waals surface area contributed by atoms with Crippen LogP contribution in [0.1, 0.15) is 12.5 Å². The van der Waals surface area contributed by atoms with Gasteiger partial charge < -0.3 is 19.5 Å². The standard InChI is InChI=1S/C21H19ClN2O5S/c1-3-28-18(25)12-29-19-15(22)9-13(10-16(19)27-2)11-17-20(26)24-21(30-17)23-14-7-5-4-6-8-14/h4-11H,3,12H2,1-2H3,(H,23,24,26). The molecule has 1 aliphatic rings. The van der Waals surface area contributed by atoms with Crippen molar-refractivity contribution in [3.8, 4) is 11.5 Å². The molecule has 1 heterocycles. The third-order valence-corrected chi connectivity index (χ3v) is 5.02. The van der Waals surface area contributed by atoms with Crippen molar-refractivity contribution in [2.45, 2.75) is 6.92 Å². The molecular formula is C21H19ClN2O5S. The highest BCUT2D eigenvalue weighted by atomic mass is 35.5. The molecule has 2 aromatic rings. The van der Waals surface area contributed by atoms with Crippen LogP contribution >= 0.6 is 23.4 Å². The van der Waals surface area contributed by atoms with Gasteiger partial charge in [-0.15, -0.1) is 0 Å². The summed E-state index contributed by atoms with van der Waals surface area (Å²) in [6.07, 6.45) is 1.68. The number of halogens is 1. The minimum atomic E-state index is -0.508. The Hall–Kier alpha value is -2.97. The highest BCUT2D eigenvalue weighted by Crippen LogP contribution is 2.38. The first-order valence-electron chi connectivity index (χ1n) is 9.00. The quantitative estimate of drug-likeness (QED) is 0.507. The first-order valence-corrected chi connectivity index (χ1v) is 10.2. The molecular weight excluding hydrogens is 428 g/mol. The molecule has 30 heavy (non-hydrogen) atoms. The van der Waals surface area contributed by atoms with E-state index in [1.165, 1.54) is 18.9 Å². The summed E-state index contributed by atoms with van der Waals surface area (Å²) in [6, 6.07) is 12.6. The van der Waals surface area contributed by atoms with Gasteiger partial charge in [0.15, 0.2) is 23.3 Å². The number of amidine groups is 1. The van der Waals surface area contributed by atoms with E-state index in [2.05, 4.69) is 10.3 Å². The Labute approximate surface area is 183 Å². The molecule has 0 bridgehead atoms. The summed E-state index contributed by atoms with van der Waals surface area (Å²) in [4.78, 5) is 28.7. The van der Waals surface area contributed by atoms with Crippen LogP contribution in [0.4, 0.5) is 5.69 Å². The SMILES string of the molecule is CCOC(=O)COc1c(Cl)cc(C=C2SC(=Nc3ccccc3)NC2=O)cc1OC. The van der Waals surface area contributed by atoms with Crippen molar-refractivity contribution in [2.24, 2.45) is 4.99 Å². The summed E-state index contributed by atoms with van der Waals surface area (Å²) in [6.45, 7) is 1.68. The van der Waals surface area contributed by atoms with Gasteiger partial charge in [-0.25, -0.2) is 9.79 Å². The predicted octanol–water partition coefficient (Wildman–Crippen LogP) is 4.18. The van der Waals surface area contributed by atoms with Crippen molar-refractivity contribution in [1.29, 1.82) is 0 Å². The van der Waals surface area contributed by atoms with Crippen LogP contribution in [0.25, 0.3) is 6.08 Å². The Balaban J connectivity index is 1.79. The molecule has 2 aromatic carbocycles. The van der Waals surface area contributed by atoms with E-state index in [0.29, 0.717) is 21.4 Å². The second kappa shape index (κ2) is 10.2. The minimum absolute atomic E-state index is 0.226. The zero-order chi connectivity index (χ0) is 21.5. The summed E-state index contributed by atoms with van der Waals surface area (Å²) in [5.41, 5.74) is 1.38. The number of hydrogen-bond acceptors (Lipinski definition) is 7. The zero-order valence-electron chi connectivity index (χ0n) is 16.3. The van der Waals surface area contributed by atoms with E-state index in [1.54, 1.807) is 25.1 Å². The molecule has 7 nitrogen and oxygen atoms in total.